The van der Waals surface area contributed by atoms with Crippen LogP contribution >= 0.6 is 0 Å². The molecule has 3 rings (SSSR count). The number of fused-ring (bicyclic) bond motifs is 1. The monoisotopic (exact) mass is 357 g/mol. The third-order valence-corrected chi connectivity index (χ3v) is 4.41. The summed E-state index contributed by atoms with van der Waals surface area (Å²) in [6, 6.07) is 15.3. The first kappa shape index (κ1) is 18.4. The fourth-order valence-electron chi connectivity index (χ4n) is 3.17. The van der Waals surface area contributed by atoms with Gasteiger partial charge in [0.1, 0.15) is 5.75 Å². The van der Waals surface area contributed by atoms with Gasteiger partial charge in [-0.3, -0.25) is 20.2 Å². The van der Waals surface area contributed by atoms with E-state index in [2.05, 4.69) is 4.81 Å². The smallest absolute Gasteiger partial charge is 0.390 e. The van der Waals surface area contributed by atoms with Crippen LogP contribution in [0.5, 0.6) is 5.75 Å². The third kappa shape index (κ3) is 4.21. The number of benzene rings is 2. The molecular weight excluding hydrogens is 337 g/mol. The van der Waals surface area contributed by atoms with Crippen molar-refractivity contribution in [2.75, 3.05) is 19.8 Å². The van der Waals surface area contributed by atoms with Crippen molar-refractivity contribution in [2.45, 2.75) is 18.8 Å². The summed E-state index contributed by atoms with van der Waals surface area (Å²) in [6.07, 6.45) is 0.708. The molecule has 1 N–H and O–H groups in total. The summed E-state index contributed by atoms with van der Waals surface area (Å²) in [6.45, 7) is 0.567. The fourth-order valence-corrected chi connectivity index (χ4v) is 3.17. The molecule has 2 aromatic carbocycles. The van der Waals surface area contributed by atoms with E-state index in [-0.39, 0.29) is 6.54 Å². The molecule has 0 saturated heterocycles. The molecule has 136 valence electrons. The van der Waals surface area contributed by atoms with Crippen LogP contribution in [0.25, 0.3) is 0 Å². The van der Waals surface area contributed by atoms with Crippen molar-refractivity contribution in [3.05, 3.63) is 69.8 Å². The molecule has 8 heteroatoms. The highest BCUT2D eigenvalue weighted by Gasteiger charge is 2.49. The Morgan fingerprint density at radius 3 is 2.65 bits per heavy atom. The van der Waals surface area contributed by atoms with Crippen molar-refractivity contribution in [3.8, 4) is 5.75 Å². The second-order valence-electron chi connectivity index (χ2n) is 6.15. The van der Waals surface area contributed by atoms with E-state index in [1.54, 1.807) is 18.2 Å². The number of nitrogens with zero attached hydrogens (tertiary/aromatic N) is 1. The zero-order valence-electron chi connectivity index (χ0n) is 14.2. The van der Waals surface area contributed by atoms with E-state index < -0.39 is 17.7 Å². The van der Waals surface area contributed by atoms with E-state index in [0.717, 1.165) is 11.1 Å². The average Bonchev–Trinajstić information content (AvgIpc) is 2.64. The number of hydrogen-bond acceptors (Lipinski definition) is 6. The van der Waals surface area contributed by atoms with Crippen molar-refractivity contribution in [1.82, 2.24) is 0 Å². The van der Waals surface area contributed by atoms with Crippen LogP contribution in [0.2, 0.25) is 0 Å². The number of ether oxygens (including phenoxy) is 2. The number of hydrogen-bond donors (Lipinski definition) is 1. The van der Waals surface area contributed by atoms with Crippen LogP contribution in [0, 0.1) is 10.1 Å². The van der Waals surface area contributed by atoms with Crippen LogP contribution in [0.3, 0.4) is 0 Å². The molecule has 0 aliphatic carbocycles. The molecular formula is C18H20BNO6. The van der Waals surface area contributed by atoms with Gasteiger partial charge in [0.25, 0.3) is 0 Å². The Morgan fingerprint density at radius 1 is 1.12 bits per heavy atom. The van der Waals surface area contributed by atoms with E-state index in [4.69, 9.17) is 14.7 Å². The van der Waals surface area contributed by atoms with Gasteiger partial charge in [-0.15, -0.1) is 0 Å². The van der Waals surface area contributed by atoms with Gasteiger partial charge in [-0.05, 0) is 17.2 Å². The van der Waals surface area contributed by atoms with Gasteiger partial charge in [-0.2, -0.15) is 0 Å². The van der Waals surface area contributed by atoms with Gasteiger partial charge < -0.3 is 9.47 Å². The molecule has 0 saturated carbocycles. The Bertz CT molecular complexity index is 742. The molecule has 0 aromatic heterocycles. The Kier molecular flexibility index (Phi) is 6.22. The molecule has 0 bridgehead atoms. The maximum absolute atomic E-state index is 10.8. The van der Waals surface area contributed by atoms with Crippen LogP contribution in [0.4, 0.5) is 0 Å². The van der Waals surface area contributed by atoms with E-state index in [1.807, 2.05) is 30.3 Å². The van der Waals surface area contributed by atoms with Crippen LogP contribution < -0.4 is 10.2 Å². The molecule has 1 aliphatic heterocycles. The molecule has 1 heterocycles. The highest BCUT2D eigenvalue weighted by atomic mass is 17.1. The summed E-state index contributed by atoms with van der Waals surface area (Å²) >= 11 is 0. The quantitative estimate of drug-likeness (QED) is 0.231. The lowest BCUT2D eigenvalue weighted by atomic mass is 9.38. The molecule has 0 amide bonds. The molecule has 7 nitrogen and oxygen atoms in total. The minimum absolute atomic E-state index is 0.283. The topological polar surface area (TPSA) is 91.1 Å². The summed E-state index contributed by atoms with van der Waals surface area (Å²) in [5, 5.41) is 19.8. The largest absolute Gasteiger partial charge is 0.494 e. The Labute approximate surface area is 151 Å². The van der Waals surface area contributed by atoms with Crippen molar-refractivity contribution < 1.29 is 24.5 Å². The standard InChI is InChI=1S/C18H20BNO6/c21-20(22)12-16-15-8-4-9-17(18(15)19(16)26-23)25-11-5-10-24-13-14-6-2-1-3-7-14/h1-4,6-9,16,23H,5,10-13H2. The molecule has 1 aliphatic rings. The van der Waals surface area contributed by atoms with Crippen LogP contribution in [-0.4, -0.2) is 36.9 Å². The first-order chi connectivity index (χ1) is 12.7. The van der Waals surface area contributed by atoms with E-state index in [9.17, 15) is 10.1 Å². The normalized spacial score (nSPS) is 15.3. The SMILES string of the molecule is O=[N+]([O-])CC1B(OO)c2c(OCCCOCc3ccccc3)cccc21. The Hall–Kier alpha value is -2.42. The van der Waals surface area contributed by atoms with Crippen LogP contribution in [0.1, 0.15) is 23.4 Å². The predicted molar refractivity (Wildman–Crippen MR) is 96.4 cm³/mol. The van der Waals surface area contributed by atoms with Gasteiger partial charge in [0.15, 0.2) is 0 Å². The molecule has 0 fully saturated rings. The van der Waals surface area contributed by atoms with Gasteiger partial charge in [-0.1, -0.05) is 42.5 Å². The molecule has 1 atom stereocenters. The zero-order valence-corrected chi connectivity index (χ0v) is 14.2. The lowest BCUT2D eigenvalue weighted by Gasteiger charge is -2.33. The zero-order chi connectivity index (χ0) is 18.4. The van der Waals surface area contributed by atoms with Gasteiger partial charge in [0, 0.05) is 16.8 Å². The second kappa shape index (κ2) is 8.80. The number of rotatable bonds is 10. The highest BCUT2D eigenvalue weighted by molar-refractivity contribution is 6.75. The van der Waals surface area contributed by atoms with Gasteiger partial charge in [0.05, 0.1) is 25.6 Å². The van der Waals surface area contributed by atoms with Crippen molar-refractivity contribution in [1.29, 1.82) is 0 Å². The van der Waals surface area contributed by atoms with E-state index in [0.29, 0.717) is 37.5 Å². The lowest BCUT2D eigenvalue weighted by Crippen LogP contribution is -2.55. The molecule has 0 spiro atoms. The minimum Gasteiger partial charge on any atom is -0.494 e. The summed E-state index contributed by atoms with van der Waals surface area (Å²) in [5.41, 5.74) is 2.60. The summed E-state index contributed by atoms with van der Waals surface area (Å²) in [5.74, 6) is 0.131. The predicted octanol–water partition coefficient (Wildman–Crippen LogP) is 2.27. The molecule has 0 radical (unpaired) electrons. The summed E-state index contributed by atoms with van der Waals surface area (Å²) in [4.78, 5) is 14.8. The van der Waals surface area contributed by atoms with Gasteiger partial charge >= 0.3 is 6.92 Å². The molecule has 26 heavy (non-hydrogen) atoms. The first-order valence-electron chi connectivity index (χ1n) is 8.50. The lowest BCUT2D eigenvalue weighted by molar-refractivity contribution is -0.481. The van der Waals surface area contributed by atoms with Crippen molar-refractivity contribution in [3.63, 3.8) is 0 Å². The summed E-state index contributed by atoms with van der Waals surface area (Å²) in [7, 11) is 0. The maximum Gasteiger partial charge on any atom is 0.390 e. The Balaban J connectivity index is 1.47. The van der Waals surface area contributed by atoms with Crippen LogP contribution in [-0.2, 0) is 16.1 Å². The number of nitro groups is 1. The van der Waals surface area contributed by atoms with E-state index in [1.165, 1.54) is 0 Å². The fraction of sp³-hybridized carbons (Fsp3) is 0.333. The maximum atomic E-state index is 10.8. The van der Waals surface area contributed by atoms with Crippen LogP contribution in [0.15, 0.2) is 48.5 Å². The van der Waals surface area contributed by atoms with Gasteiger partial charge in [0.2, 0.25) is 6.54 Å². The average molecular weight is 357 g/mol. The highest BCUT2D eigenvalue weighted by Crippen LogP contribution is 2.32. The first-order valence-corrected chi connectivity index (χ1v) is 8.50. The van der Waals surface area contributed by atoms with Gasteiger partial charge in [-0.25, -0.2) is 0 Å². The van der Waals surface area contributed by atoms with Crippen molar-refractivity contribution >= 4 is 12.4 Å². The third-order valence-electron chi connectivity index (χ3n) is 4.41. The molecule has 2 aromatic rings. The van der Waals surface area contributed by atoms with E-state index >= 15 is 0 Å². The minimum atomic E-state index is -0.721. The second-order valence-corrected chi connectivity index (χ2v) is 6.15. The molecule has 1 unspecified atom stereocenters. The summed E-state index contributed by atoms with van der Waals surface area (Å²) < 4.78 is 11.4. The van der Waals surface area contributed by atoms with Crippen molar-refractivity contribution in [2.24, 2.45) is 0 Å². The Morgan fingerprint density at radius 2 is 1.92 bits per heavy atom.